The lowest BCUT2D eigenvalue weighted by atomic mass is 10.4. The lowest BCUT2D eigenvalue weighted by Gasteiger charge is -2.05. The second-order valence-corrected chi connectivity index (χ2v) is 4.75. The molecule has 17 heavy (non-hydrogen) atoms. The van der Waals surface area contributed by atoms with Crippen molar-refractivity contribution >= 4 is 29.3 Å². The van der Waals surface area contributed by atoms with Crippen LogP contribution in [0.25, 0.3) is 0 Å². The van der Waals surface area contributed by atoms with Gasteiger partial charge in [0.2, 0.25) is 5.95 Å². The Hall–Kier alpha value is -1.26. The standard InChI is InChI=1S/C12H12ClN3S/c1-2-14-12-15-8-7-11(16-12)17-10-6-4-3-5-9(10)13/h3-8H,2H2,1H3,(H,14,15,16). The number of nitrogens with zero attached hydrogens (tertiary/aromatic N) is 2. The normalized spacial score (nSPS) is 10.2. The summed E-state index contributed by atoms with van der Waals surface area (Å²) in [5.41, 5.74) is 0. The van der Waals surface area contributed by atoms with Gasteiger partial charge < -0.3 is 5.32 Å². The van der Waals surface area contributed by atoms with Crippen molar-refractivity contribution in [3.05, 3.63) is 41.6 Å². The van der Waals surface area contributed by atoms with Gasteiger partial charge in [-0.05, 0) is 25.1 Å². The summed E-state index contributed by atoms with van der Waals surface area (Å²) >= 11 is 7.63. The molecule has 0 saturated heterocycles. The summed E-state index contributed by atoms with van der Waals surface area (Å²) in [5, 5.41) is 4.70. The van der Waals surface area contributed by atoms with Gasteiger partial charge in [0.05, 0.1) is 5.02 Å². The minimum Gasteiger partial charge on any atom is -0.354 e. The Labute approximate surface area is 110 Å². The maximum atomic E-state index is 6.10. The number of nitrogens with one attached hydrogen (secondary N) is 1. The highest BCUT2D eigenvalue weighted by Crippen LogP contribution is 2.31. The molecule has 0 spiro atoms. The van der Waals surface area contributed by atoms with Crippen LogP contribution in [-0.4, -0.2) is 16.5 Å². The molecule has 1 N–H and O–H groups in total. The fourth-order valence-corrected chi connectivity index (χ4v) is 2.33. The van der Waals surface area contributed by atoms with Crippen molar-refractivity contribution in [2.45, 2.75) is 16.8 Å². The Bertz CT molecular complexity index is 505. The van der Waals surface area contributed by atoms with Crippen molar-refractivity contribution in [3.63, 3.8) is 0 Å². The van der Waals surface area contributed by atoms with E-state index in [1.165, 1.54) is 11.8 Å². The number of benzene rings is 1. The quantitative estimate of drug-likeness (QED) is 0.855. The van der Waals surface area contributed by atoms with E-state index in [0.717, 1.165) is 21.5 Å². The predicted molar refractivity (Wildman–Crippen MR) is 71.8 cm³/mol. The Balaban J connectivity index is 2.18. The average molecular weight is 266 g/mol. The van der Waals surface area contributed by atoms with Gasteiger partial charge in [-0.25, -0.2) is 9.97 Å². The van der Waals surface area contributed by atoms with Crippen LogP contribution < -0.4 is 5.32 Å². The zero-order chi connectivity index (χ0) is 12.1. The number of aromatic nitrogens is 2. The molecule has 0 aliphatic carbocycles. The molecule has 88 valence electrons. The van der Waals surface area contributed by atoms with Crippen LogP contribution in [0.3, 0.4) is 0 Å². The summed E-state index contributed by atoms with van der Waals surface area (Å²) < 4.78 is 0. The first-order valence-corrected chi connectivity index (χ1v) is 6.48. The molecular weight excluding hydrogens is 254 g/mol. The average Bonchev–Trinajstić information content (AvgIpc) is 2.33. The molecule has 0 amide bonds. The van der Waals surface area contributed by atoms with E-state index >= 15 is 0 Å². The zero-order valence-electron chi connectivity index (χ0n) is 9.35. The third-order valence-corrected chi connectivity index (χ3v) is 3.47. The second-order valence-electron chi connectivity index (χ2n) is 3.28. The molecule has 0 bridgehead atoms. The maximum Gasteiger partial charge on any atom is 0.223 e. The summed E-state index contributed by atoms with van der Waals surface area (Å²) in [5.74, 6) is 0.643. The van der Waals surface area contributed by atoms with Crippen molar-refractivity contribution < 1.29 is 0 Å². The van der Waals surface area contributed by atoms with Gasteiger partial charge in [-0.15, -0.1) is 0 Å². The summed E-state index contributed by atoms with van der Waals surface area (Å²) in [6.45, 7) is 2.82. The van der Waals surface area contributed by atoms with Crippen molar-refractivity contribution in [1.82, 2.24) is 9.97 Å². The molecule has 0 unspecified atom stereocenters. The van der Waals surface area contributed by atoms with Crippen LogP contribution in [0.1, 0.15) is 6.92 Å². The minimum absolute atomic E-state index is 0.643. The van der Waals surface area contributed by atoms with Gasteiger partial charge in [0.1, 0.15) is 5.03 Å². The van der Waals surface area contributed by atoms with E-state index in [1.54, 1.807) is 6.20 Å². The number of hydrogen-bond acceptors (Lipinski definition) is 4. The fraction of sp³-hybridized carbons (Fsp3) is 0.167. The Morgan fingerprint density at radius 1 is 1.29 bits per heavy atom. The van der Waals surface area contributed by atoms with E-state index in [9.17, 15) is 0 Å². The molecule has 5 heteroatoms. The van der Waals surface area contributed by atoms with E-state index in [2.05, 4.69) is 15.3 Å². The summed E-state index contributed by atoms with van der Waals surface area (Å²) in [4.78, 5) is 9.50. The molecular formula is C12H12ClN3S. The molecule has 2 rings (SSSR count). The second kappa shape index (κ2) is 5.89. The fourth-order valence-electron chi connectivity index (χ4n) is 1.28. The van der Waals surface area contributed by atoms with Crippen LogP contribution in [0.4, 0.5) is 5.95 Å². The third kappa shape index (κ3) is 3.35. The molecule has 2 aromatic rings. The number of hydrogen-bond donors (Lipinski definition) is 1. The van der Waals surface area contributed by atoms with Crippen molar-refractivity contribution in [2.75, 3.05) is 11.9 Å². The molecule has 3 nitrogen and oxygen atoms in total. The van der Waals surface area contributed by atoms with Gasteiger partial charge in [0.25, 0.3) is 0 Å². The molecule has 0 aliphatic heterocycles. The first-order valence-electron chi connectivity index (χ1n) is 5.29. The lowest BCUT2D eigenvalue weighted by Crippen LogP contribution is -2.01. The van der Waals surface area contributed by atoms with Crippen LogP contribution in [0.2, 0.25) is 5.02 Å². The van der Waals surface area contributed by atoms with E-state index in [1.807, 2.05) is 37.3 Å². The molecule has 0 saturated carbocycles. The van der Waals surface area contributed by atoms with E-state index in [4.69, 9.17) is 11.6 Å². The van der Waals surface area contributed by atoms with Crippen LogP contribution in [0, 0.1) is 0 Å². The van der Waals surface area contributed by atoms with Crippen molar-refractivity contribution in [2.24, 2.45) is 0 Å². The highest BCUT2D eigenvalue weighted by atomic mass is 35.5. The van der Waals surface area contributed by atoms with Crippen LogP contribution in [-0.2, 0) is 0 Å². The Morgan fingerprint density at radius 2 is 2.12 bits per heavy atom. The lowest BCUT2D eigenvalue weighted by molar-refractivity contribution is 1.01. The molecule has 1 heterocycles. The van der Waals surface area contributed by atoms with Gasteiger partial charge in [-0.2, -0.15) is 0 Å². The van der Waals surface area contributed by atoms with Gasteiger partial charge in [0.15, 0.2) is 0 Å². The molecule has 1 aromatic carbocycles. The predicted octanol–water partition coefficient (Wildman–Crippen LogP) is 3.71. The SMILES string of the molecule is CCNc1nccc(Sc2ccccc2Cl)n1. The van der Waals surface area contributed by atoms with Crippen LogP contribution in [0.15, 0.2) is 46.5 Å². The first kappa shape index (κ1) is 12.2. The zero-order valence-corrected chi connectivity index (χ0v) is 10.9. The number of rotatable bonds is 4. The van der Waals surface area contributed by atoms with Gasteiger partial charge in [-0.1, -0.05) is 35.5 Å². The van der Waals surface area contributed by atoms with Crippen molar-refractivity contribution in [3.8, 4) is 0 Å². The third-order valence-electron chi connectivity index (χ3n) is 2.02. The molecule has 0 fully saturated rings. The molecule has 1 aromatic heterocycles. The highest BCUT2D eigenvalue weighted by molar-refractivity contribution is 7.99. The maximum absolute atomic E-state index is 6.10. The number of anilines is 1. The highest BCUT2D eigenvalue weighted by Gasteiger charge is 2.04. The minimum atomic E-state index is 0.643. The molecule has 0 aliphatic rings. The van der Waals surface area contributed by atoms with E-state index in [0.29, 0.717) is 5.95 Å². The van der Waals surface area contributed by atoms with E-state index < -0.39 is 0 Å². The largest absolute Gasteiger partial charge is 0.354 e. The Morgan fingerprint density at radius 3 is 2.88 bits per heavy atom. The summed E-state index contributed by atoms with van der Waals surface area (Å²) in [7, 11) is 0. The van der Waals surface area contributed by atoms with E-state index in [-0.39, 0.29) is 0 Å². The number of halogens is 1. The Kier molecular flexibility index (Phi) is 4.23. The van der Waals surface area contributed by atoms with Crippen molar-refractivity contribution in [1.29, 1.82) is 0 Å². The van der Waals surface area contributed by atoms with Gasteiger partial charge in [-0.3, -0.25) is 0 Å². The smallest absolute Gasteiger partial charge is 0.223 e. The molecule has 0 atom stereocenters. The molecule has 0 radical (unpaired) electrons. The first-order chi connectivity index (χ1) is 8.29. The summed E-state index contributed by atoms with van der Waals surface area (Å²) in [6.07, 6.45) is 1.74. The summed E-state index contributed by atoms with van der Waals surface area (Å²) in [6, 6.07) is 9.59. The van der Waals surface area contributed by atoms with Gasteiger partial charge in [0, 0.05) is 17.6 Å². The van der Waals surface area contributed by atoms with Gasteiger partial charge >= 0.3 is 0 Å². The van der Waals surface area contributed by atoms with Crippen LogP contribution in [0.5, 0.6) is 0 Å². The monoisotopic (exact) mass is 265 g/mol. The van der Waals surface area contributed by atoms with Crippen LogP contribution >= 0.6 is 23.4 Å². The topological polar surface area (TPSA) is 37.8 Å².